The van der Waals surface area contributed by atoms with Gasteiger partial charge in [0.25, 0.3) is 0 Å². The summed E-state index contributed by atoms with van der Waals surface area (Å²) in [5.74, 6) is 2.19. The summed E-state index contributed by atoms with van der Waals surface area (Å²) in [6.07, 6.45) is 2.67. The zero-order valence-corrected chi connectivity index (χ0v) is 15.8. The molecule has 2 aromatic rings. The molecule has 1 aliphatic rings. The standard InChI is InChI=1S/C20H27FN4O/c1-5-22-19(24-12-18-23-11-17(26-18)20(2,3)4)25-16-10-14(16)13-8-6-7-9-15(13)21/h6-9,11,14,16H,5,10,12H2,1-4H3,(H2,22,24,25). The van der Waals surface area contributed by atoms with Gasteiger partial charge in [0.2, 0.25) is 5.89 Å². The lowest BCUT2D eigenvalue weighted by Gasteiger charge is -2.13. The smallest absolute Gasteiger partial charge is 0.216 e. The van der Waals surface area contributed by atoms with E-state index in [1.54, 1.807) is 12.3 Å². The first-order valence-electron chi connectivity index (χ1n) is 9.13. The fourth-order valence-corrected chi connectivity index (χ4v) is 2.85. The maximum Gasteiger partial charge on any atom is 0.216 e. The van der Waals surface area contributed by atoms with Crippen molar-refractivity contribution in [2.75, 3.05) is 6.54 Å². The van der Waals surface area contributed by atoms with Crippen molar-refractivity contribution < 1.29 is 8.81 Å². The lowest BCUT2D eigenvalue weighted by atomic mass is 9.94. The highest BCUT2D eigenvalue weighted by atomic mass is 19.1. The van der Waals surface area contributed by atoms with Gasteiger partial charge in [0.05, 0.1) is 6.20 Å². The van der Waals surface area contributed by atoms with E-state index >= 15 is 0 Å². The third-order valence-corrected chi connectivity index (χ3v) is 4.43. The molecule has 2 N–H and O–H groups in total. The van der Waals surface area contributed by atoms with E-state index in [2.05, 4.69) is 41.4 Å². The number of aliphatic imine (C=N–C) groups is 1. The number of aromatic nitrogens is 1. The Hall–Kier alpha value is -2.37. The number of benzene rings is 1. The minimum Gasteiger partial charge on any atom is -0.443 e. The number of oxazole rings is 1. The molecule has 1 aliphatic carbocycles. The summed E-state index contributed by atoms with van der Waals surface area (Å²) in [6.45, 7) is 9.39. The maximum absolute atomic E-state index is 13.9. The molecule has 0 amide bonds. The molecule has 2 atom stereocenters. The molecule has 6 heteroatoms. The van der Waals surface area contributed by atoms with Gasteiger partial charge in [-0.1, -0.05) is 39.0 Å². The monoisotopic (exact) mass is 358 g/mol. The van der Waals surface area contributed by atoms with Crippen molar-refractivity contribution in [2.24, 2.45) is 4.99 Å². The number of hydrogen-bond acceptors (Lipinski definition) is 3. The van der Waals surface area contributed by atoms with E-state index in [4.69, 9.17) is 4.42 Å². The van der Waals surface area contributed by atoms with Crippen molar-refractivity contribution in [1.29, 1.82) is 0 Å². The second-order valence-electron chi connectivity index (χ2n) is 7.68. The maximum atomic E-state index is 13.9. The molecule has 0 spiro atoms. The number of guanidine groups is 1. The molecule has 1 aromatic carbocycles. The van der Waals surface area contributed by atoms with E-state index < -0.39 is 0 Å². The Labute approximate surface area is 154 Å². The van der Waals surface area contributed by atoms with Crippen molar-refractivity contribution in [3.63, 3.8) is 0 Å². The Morgan fingerprint density at radius 3 is 2.77 bits per heavy atom. The molecule has 0 radical (unpaired) electrons. The van der Waals surface area contributed by atoms with E-state index in [1.807, 2.05) is 19.1 Å². The fourth-order valence-electron chi connectivity index (χ4n) is 2.85. The number of nitrogens with zero attached hydrogens (tertiary/aromatic N) is 2. The van der Waals surface area contributed by atoms with Crippen molar-refractivity contribution in [3.05, 3.63) is 53.5 Å². The van der Waals surface area contributed by atoms with Gasteiger partial charge in [-0.2, -0.15) is 0 Å². The second-order valence-corrected chi connectivity index (χ2v) is 7.68. The van der Waals surface area contributed by atoms with Crippen molar-refractivity contribution in [1.82, 2.24) is 15.6 Å². The third-order valence-electron chi connectivity index (χ3n) is 4.43. The summed E-state index contributed by atoms with van der Waals surface area (Å²) in [6, 6.07) is 7.16. The van der Waals surface area contributed by atoms with Gasteiger partial charge in [-0.05, 0) is 25.0 Å². The average Bonchev–Trinajstić information content (AvgIpc) is 3.15. The van der Waals surface area contributed by atoms with Crippen molar-refractivity contribution in [3.8, 4) is 0 Å². The molecular formula is C20H27FN4O. The molecule has 1 fully saturated rings. The first-order valence-corrected chi connectivity index (χ1v) is 9.13. The van der Waals surface area contributed by atoms with Gasteiger partial charge in [-0.15, -0.1) is 0 Å². The van der Waals surface area contributed by atoms with Crippen LogP contribution in [0.1, 0.15) is 57.2 Å². The molecule has 1 saturated carbocycles. The normalized spacial score (nSPS) is 20.1. The highest BCUT2D eigenvalue weighted by molar-refractivity contribution is 5.80. The topological polar surface area (TPSA) is 62.5 Å². The second kappa shape index (κ2) is 7.48. The number of hydrogen-bond donors (Lipinski definition) is 2. The predicted molar refractivity (Wildman–Crippen MR) is 101 cm³/mol. The molecule has 0 aliphatic heterocycles. The Morgan fingerprint density at radius 1 is 1.35 bits per heavy atom. The third kappa shape index (κ3) is 4.42. The van der Waals surface area contributed by atoms with Gasteiger partial charge in [-0.3, -0.25) is 0 Å². The Kier molecular flexibility index (Phi) is 5.30. The van der Waals surface area contributed by atoms with Gasteiger partial charge >= 0.3 is 0 Å². The van der Waals surface area contributed by atoms with Crippen LogP contribution in [0.4, 0.5) is 4.39 Å². The minimum atomic E-state index is -0.141. The Balaban J connectivity index is 1.62. The van der Waals surface area contributed by atoms with Crippen LogP contribution in [0.2, 0.25) is 0 Å². The Bertz CT molecular complexity index is 778. The quantitative estimate of drug-likeness (QED) is 0.632. The van der Waals surface area contributed by atoms with E-state index in [-0.39, 0.29) is 23.2 Å². The van der Waals surface area contributed by atoms with E-state index in [0.29, 0.717) is 18.4 Å². The molecule has 140 valence electrons. The largest absolute Gasteiger partial charge is 0.443 e. The molecule has 0 bridgehead atoms. The summed E-state index contributed by atoms with van der Waals surface area (Å²) in [7, 11) is 0. The molecule has 0 saturated heterocycles. The van der Waals surface area contributed by atoms with Gasteiger partial charge in [0.1, 0.15) is 18.1 Å². The highest BCUT2D eigenvalue weighted by Crippen LogP contribution is 2.41. The van der Waals surface area contributed by atoms with Crippen LogP contribution in [0.25, 0.3) is 0 Å². The van der Waals surface area contributed by atoms with E-state index in [0.717, 1.165) is 24.3 Å². The van der Waals surface area contributed by atoms with Crippen LogP contribution in [0.15, 0.2) is 39.9 Å². The lowest BCUT2D eigenvalue weighted by Crippen LogP contribution is -2.39. The van der Waals surface area contributed by atoms with E-state index in [9.17, 15) is 4.39 Å². The molecule has 3 rings (SSSR count). The van der Waals surface area contributed by atoms with Gasteiger partial charge in [0, 0.05) is 23.9 Å². The zero-order valence-electron chi connectivity index (χ0n) is 15.8. The first kappa shape index (κ1) is 18.4. The van der Waals surface area contributed by atoms with Crippen LogP contribution in [-0.4, -0.2) is 23.5 Å². The molecule has 5 nitrogen and oxygen atoms in total. The summed E-state index contributed by atoms with van der Waals surface area (Å²) in [5, 5.41) is 6.60. The van der Waals surface area contributed by atoms with Gasteiger partial charge in [0.15, 0.2) is 5.96 Å². The SMILES string of the molecule is CCNC(=NCc1ncc(C(C)(C)C)o1)NC1CC1c1ccccc1F. The molecule has 2 unspecified atom stereocenters. The number of rotatable bonds is 5. The number of halogens is 1. The van der Waals surface area contributed by atoms with Crippen LogP contribution < -0.4 is 10.6 Å². The van der Waals surface area contributed by atoms with Crippen LogP contribution in [0, 0.1) is 5.82 Å². The molecule has 26 heavy (non-hydrogen) atoms. The summed E-state index contributed by atoms with van der Waals surface area (Å²) in [5.41, 5.74) is 0.696. The summed E-state index contributed by atoms with van der Waals surface area (Å²) < 4.78 is 19.7. The van der Waals surface area contributed by atoms with Gasteiger partial charge < -0.3 is 15.1 Å². The van der Waals surface area contributed by atoms with Crippen molar-refractivity contribution >= 4 is 5.96 Å². The lowest BCUT2D eigenvalue weighted by molar-refractivity contribution is 0.383. The fraction of sp³-hybridized carbons (Fsp3) is 0.500. The van der Waals surface area contributed by atoms with Crippen LogP contribution >= 0.6 is 0 Å². The minimum absolute atomic E-state index is 0.0707. The summed E-state index contributed by atoms with van der Waals surface area (Å²) in [4.78, 5) is 8.86. The van der Waals surface area contributed by atoms with Crippen molar-refractivity contribution in [2.45, 2.75) is 58.0 Å². The highest BCUT2D eigenvalue weighted by Gasteiger charge is 2.40. The van der Waals surface area contributed by atoms with E-state index in [1.165, 1.54) is 6.07 Å². The molecule has 1 aromatic heterocycles. The summed E-state index contributed by atoms with van der Waals surface area (Å²) >= 11 is 0. The van der Waals surface area contributed by atoms with Crippen LogP contribution in [-0.2, 0) is 12.0 Å². The Morgan fingerprint density at radius 2 is 2.12 bits per heavy atom. The zero-order chi connectivity index (χ0) is 18.7. The predicted octanol–water partition coefficient (Wildman–Crippen LogP) is 3.72. The first-order chi connectivity index (χ1) is 12.4. The molecule has 1 heterocycles. The molecular weight excluding hydrogens is 331 g/mol. The average molecular weight is 358 g/mol. The number of nitrogens with one attached hydrogen (secondary N) is 2. The van der Waals surface area contributed by atoms with Crippen LogP contribution in [0.5, 0.6) is 0 Å². The van der Waals surface area contributed by atoms with Gasteiger partial charge in [-0.25, -0.2) is 14.4 Å². The van der Waals surface area contributed by atoms with Crippen LogP contribution in [0.3, 0.4) is 0 Å².